The number of rotatable bonds is 4. The molecule has 1 aliphatic carbocycles. The fraction of sp³-hybridized carbons (Fsp3) is 0.600. The monoisotopic (exact) mass is 285 g/mol. The molecule has 19 heavy (non-hydrogen) atoms. The van der Waals surface area contributed by atoms with Crippen molar-refractivity contribution in [1.82, 2.24) is 5.32 Å². The molecule has 0 atom stereocenters. The van der Waals surface area contributed by atoms with Crippen molar-refractivity contribution >= 4 is 12.4 Å². The van der Waals surface area contributed by atoms with Crippen molar-refractivity contribution in [1.29, 1.82) is 0 Å². The van der Waals surface area contributed by atoms with Gasteiger partial charge in [0.05, 0.1) is 6.61 Å². The summed E-state index contributed by atoms with van der Waals surface area (Å²) in [6.07, 6.45) is 4.73. The maximum Gasteiger partial charge on any atom is 0.165 e. The minimum atomic E-state index is -0.228. The Hall–Kier alpha value is -0.800. The van der Waals surface area contributed by atoms with E-state index in [1.165, 1.54) is 18.4 Å². The summed E-state index contributed by atoms with van der Waals surface area (Å²) in [4.78, 5) is 0. The summed E-state index contributed by atoms with van der Waals surface area (Å²) in [7, 11) is 0. The molecule has 0 amide bonds. The first-order valence-electron chi connectivity index (χ1n) is 6.96. The lowest BCUT2D eigenvalue weighted by Gasteiger charge is -2.23. The summed E-state index contributed by atoms with van der Waals surface area (Å²) in [6, 6.07) is 5.38. The summed E-state index contributed by atoms with van der Waals surface area (Å²) in [6.45, 7) is 2.78. The van der Waals surface area contributed by atoms with Gasteiger partial charge < -0.3 is 10.1 Å². The van der Waals surface area contributed by atoms with Crippen molar-refractivity contribution in [3.63, 3.8) is 0 Å². The predicted molar refractivity (Wildman–Crippen MR) is 76.7 cm³/mol. The second kappa shape index (κ2) is 6.58. The van der Waals surface area contributed by atoms with E-state index in [0.717, 1.165) is 25.9 Å². The SMILES string of the molecule is Cl.Fc1ccc(C2CCNCC2)cc1OCC1CC1. The van der Waals surface area contributed by atoms with Crippen molar-refractivity contribution in [3.05, 3.63) is 29.6 Å². The fourth-order valence-corrected chi connectivity index (χ4v) is 2.53. The second-order valence-electron chi connectivity index (χ2n) is 5.47. The lowest BCUT2D eigenvalue weighted by atomic mass is 9.90. The fourth-order valence-electron chi connectivity index (χ4n) is 2.53. The molecule has 1 aromatic rings. The number of hydrogen-bond acceptors (Lipinski definition) is 2. The highest BCUT2D eigenvalue weighted by atomic mass is 35.5. The summed E-state index contributed by atoms with van der Waals surface area (Å²) in [5.41, 5.74) is 1.23. The molecule has 1 heterocycles. The number of piperidine rings is 1. The zero-order valence-electron chi connectivity index (χ0n) is 11.0. The van der Waals surface area contributed by atoms with Crippen molar-refractivity contribution < 1.29 is 9.13 Å². The Morgan fingerprint density at radius 3 is 2.58 bits per heavy atom. The number of halogens is 2. The molecule has 0 bridgehead atoms. The van der Waals surface area contributed by atoms with E-state index >= 15 is 0 Å². The number of ether oxygens (including phenoxy) is 1. The molecule has 2 fully saturated rings. The Morgan fingerprint density at radius 1 is 1.16 bits per heavy atom. The highest BCUT2D eigenvalue weighted by Crippen LogP contribution is 2.32. The molecule has 1 aromatic carbocycles. The van der Waals surface area contributed by atoms with Gasteiger partial charge in [-0.2, -0.15) is 0 Å². The molecule has 0 spiro atoms. The first kappa shape index (κ1) is 14.6. The average Bonchev–Trinajstić information content (AvgIpc) is 3.23. The van der Waals surface area contributed by atoms with Gasteiger partial charge in [0.1, 0.15) is 0 Å². The summed E-state index contributed by atoms with van der Waals surface area (Å²) < 4.78 is 19.3. The van der Waals surface area contributed by atoms with Crippen LogP contribution in [0.1, 0.15) is 37.2 Å². The van der Waals surface area contributed by atoms with E-state index in [1.807, 2.05) is 12.1 Å². The number of nitrogens with one attached hydrogen (secondary N) is 1. The van der Waals surface area contributed by atoms with E-state index in [4.69, 9.17) is 4.74 Å². The largest absolute Gasteiger partial charge is 0.490 e. The molecule has 1 aliphatic heterocycles. The maximum atomic E-state index is 13.7. The van der Waals surface area contributed by atoms with Crippen molar-refractivity contribution in [2.75, 3.05) is 19.7 Å². The topological polar surface area (TPSA) is 21.3 Å². The summed E-state index contributed by atoms with van der Waals surface area (Å²) in [5, 5.41) is 3.35. The third-order valence-corrected chi connectivity index (χ3v) is 3.94. The molecular formula is C15H21ClFNO. The van der Waals surface area contributed by atoms with Gasteiger partial charge in [-0.1, -0.05) is 6.07 Å². The van der Waals surface area contributed by atoms with Crippen molar-refractivity contribution in [2.24, 2.45) is 5.92 Å². The second-order valence-corrected chi connectivity index (χ2v) is 5.47. The van der Waals surface area contributed by atoms with E-state index < -0.39 is 0 Å². The van der Waals surface area contributed by atoms with E-state index in [9.17, 15) is 4.39 Å². The highest BCUT2D eigenvalue weighted by Gasteiger charge is 2.23. The molecule has 3 rings (SSSR count). The smallest absolute Gasteiger partial charge is 0.165 e. The normalized spacial score (nSPS) is 19.8. The highest BCUT2D eigenvalue weighted by molar-refractivity contribution is 5.85. The van der Waals surface area contributed by atoms with Crippen molar-refractivity contribution in [3.8, 4) is 5.75 Å². The van der Waals surface area contributed by atoms with Crippen LogP contribution in [-0.4, -0.2) is 19.7 Å². The number of hydrogen-bond donors (Lipinski definition) is 1. The predicted octanol–water partition coefficient (Wildman–Crippen LogP) is 3.50. The molecule has 4 heteroatoms. The van der Waals surface area contributed by atoms with Crippen LogP contribution in [0.2, 0.25) is 0 Å². The van der Waals surface area contributed by atoms with Gasteiger partial charge in [-0.3, -0.25) is 0 Å². The third kappa shape index (κ3) is 3.83. The van der Waals surface area contributed by atoms with E-state index in [1.54, 1.807) is 6.07 Å². The first-order valence-corrected chi connectivity index (χ1v) is 6.96. The van der Waals surface area contributed by atoms with Gasteiger partial charge in [0.15, 0.2) is 11.6 Å². The Labute approximate surface area is 120 Å². The Morgan fingerprint density at radius 2 is 1.89 bits per heavy atom. The zero-order valence-corrected chi connectivity index (χ0v) is 11.8. The molecule has 106 valence electrons. The molecule has 1 saturated carbocycles. The third-order valence-electron chi connectivity index (χ3n) is 3.94. The zero-order chi connectivity index (χ0) is 12.4. The Bertz CT molecular complexity index is 417. The van der Waals surface area contributed by atoms with Crippen LogP contribution in [0.4, 0.5) is 4.39 Å². The molecule has 0 aromatic heterocycles. The van der Waals surface area contributed by atoms with Crippen LogP contribution in [-0.2, 0) is 0 Å². The molecule has 2 nitrogen and oxygen atoms in total. The van der Waals surface area contributed by atoms with Gasteiger partial charge in [0.2, 0.25) is 0 Å². The van der Waals surface area contributed by atoms with E-state index in [2.05, 4.69) is 5.32 Å². The van der Waals surface area contributed by atoms with E-state index in [-0.39, 0.29) is 18.2 Å². The lowest BCUT2D eigenvalue weighted by Crippen LogP contribution is -2.26. The first-order chi connectivity index (χ1) is 8.83. The van der Waals surface area contributed by atoms with Crippen molar-refractivity contribution in [2.45, 2.75) is 31.6 Å². The van der Waals surface area contributed by atoms with Gasteiger partial charge in [-0.05, 0) is 68.3 Å². The standard InChI is InChI=1S/C15H20FNO.ClH/c16-14-4-3-13(12-5-7-17-8-6-12)9-15(14)18-10-11-1-2-11;/h3-4,9,11-12,17H,1-2,5-8,10H2;1H. The molecule has 0 unspecified atom stereocenters. The minimum Gasteiger partial charge on any atom is -0.490 e. The average molecular weight is 286 g/mol. The maximum absolute atomic E-state index is 13.7. The lowest BCUT2D eigenvalue weighted by molar-refractivity contribution is 0.284. The number of benzene rings is 1. The van der Waals surface area contributed by atoms with Crippen LogP contribution in [0.25, 0.3) is 0 Å². The Balaban J connectivity index is 0.00000133. The van der Waals surface area contributed by atoms with Gasteiger partial charge in [0, 0.05) is 0 Å². The van der Waals surface area contributed by atoms with Gasteiger partial charge in [-0.25, -0.2) is 4.39 Å². The Kier molecular flexibility index (Phi) is 5.06. The summed E-state index contributed by atoms with van der Waals surface area (Å²) in [5.74, 6) is 1.42. The molecular weight excluding hydrogens is 265 g/mol. The van der Waals surface area contributed by atoms with Crippen LogP contribution < -0.4 is 10.1 Å². The van der Waals surface area contributed by atoms with Gasteiger partial charge in [-0.15, -0.1) is 12.4 Å². The van der Waals surface area contributed by atoms with Gasteiger partial charge in [0.25, 0.3) is 0 Å². The van der Waals surface area contributed by atoms with Gasteiger partial charge >= 0.3 is 0 Å². The quantitative estimate of drug-likeness (QED) is 0.914. The van der Waals surface area contributed by atoms with Crippen LogP contribution in [0, 0.1) is 11.7 Å². The molecule has 1 saturated heterocycles. The minimum absolute atomic E-state index is 0. The molecule has 0 radical (unpaired) electrons. The molecule has 2 aliphatic rings. The van der Waals surface area contributed by atoms with Crippen LogP contribution in [0.3, 0.4) is 0 Å². The summed E-state index contributed by atoms with van der Waals surface area (Å²) >= 11 is 0. The van der Waals surface area contributed by atoms with Crippen LogP contribution in [0.5, 0.6) is 5.75 Å². The van der Waals surface area contributed by atoms with Crippen LogP contribution >= 0.6 is 12.4 Å². The van der Waals surface area contributed by atoms with Crippen LogP contribution in [0.15, 0.2) is 18.2 Å². The van der Waals surface area contributed by atoms with E-state index in [0.29, 0.717) is 24.2 Å². The molecule has 1 N–H and O–H groups in total.